The van der Waals surface area contributed by atoms with Crippen LogP contribution in [0, 0.1) is 0 Å². The molecule has 0 spiro atoms. The van der Waals surface area contributed by atoms with Gasteiger partial charge in [-0.3, -0.25) is 4.79 Å². The highest BCUT2D eigenvalue weighted by Gasteiger charge is 2.43. The minimum Gasteiger partial charge on any atom is -0.484 e. The number of benzene rings is 1. The van der Waals surface area contributed by atoms with Gasteiger partial charge in [0.2, 0.25) is 0 Å². The van der Waals surface area contributed by atoms with E-state index in [0.717, 1.165) is 5.75 Å². The lowest BCUT2D eigenvalue weighted by Gasteiger charge is -2.24. The molecule has 1 aliphatic heterocycles. The smallest absolute Gasteiger partial charge is 0.330 e. The first-order valence-corrected chi connectivity index (χ1v) is 8.74. The Balaban J connectivity index is 1.90. The molecular weight excluding hydrogens is 314 g/mol. The predicted octanol–water partition coefficient (Wildman–Crippen LogP) is 2.44. The van der Waals surface area contributed by atoms with Gasteiger partial charge in [0, 0.05) is 5.75 Å². The van der Waals surface area contributed by atoms with Crippen molar-refractivity contribution in [2.24, 2.45) is 0 Å². The van der Waals surface area contributed by atoms with E-state index in [-0.39, 0.29) is 12.0 Å². The Bertz CT molecular complexity index is 571. The second-order valence-corrected chi connectivity index (χ2v) is 7.91. The van der Waals surface area contributed by atoms with Gasteiger partial charge >= 0.3 is 5.97 Å². The summed E-state index contributed by atoms with van der Waals surface area (Å²) in [6, 6.07) is 7.59. The van der Waals surface area contributed by atoms with Gasteiger partial charge in [-0.2, -0.15) is 11.8 Å². The fourth-order valence-corrected chi connectivity index (χ4v) is 3.71. The molecule has 0 bridgehead atoms. The number of ether oxygens (including phenoxy) is 1. The van der Waals surface area contributed by atoms with Crippen molar-refractivity contribution in [2.75, 3.05) is 18.1 Å². The van der Waals surface area contributed by atoms with Crippen LogP contribution in [0.4, 0.5) is 0 Å². The zero-order valence-corrected chi connectivity index (χ0v) is 14.5. The topological polar surface area (TPSA) is 75.6 Å². The van der Waals surface area contributed by atoms with Crippen molar-refractivity contribution in [1.82, 2.24) is 5.32 Å². The van der Waals surface area contributed by atoms with Gasteiger partial charge in [0.15, 0.2) is 6.61 Å². The molecule has 0 aliphatic carbocycles. The number of hydrogen-bond donors (Lipinski definition) is 2. The van der Waals surface area contributed by atoms with Gasteiger partial charge in [-0.15, -0.1) is 0 Å². The van der Waals surface area contributed by atoms with Crippen LogP contribution in [0.1, 0.15) is 32.8 Å². The zero-order valence-electron chi connectivity index (χ0n) is 13.7. The van der Waals surface area contributed by atoms with E-state index in [9.17, 15) is 14.7 Å². The molecule has 1 atom stereocenters. The maximum Gasteiger partial charge on any atom is 0.330 e. The second kappa shape index (κ2) is 6.83. The third-order valence-corrected chi connectivity index (χ3v) is 5.09. The molecule has 1 heterocycles. The SMILES string of the molecule is CC(C)(C)c1ccc(OCC(=O)NC2(C(=O)O)CCSC2)cc1. The lowest BCUT2D eigenvalue weighted by molar-refractivity contribution is -0.146. The highest BCUT2D eigenvalue weighted by atomic mass is 32.2. The summed E-state index contributed by atoms with van der Waals surface area (Å²) in [7, 11) is 0. The normalized spacial score (nSPS) is 21.0. The van der Waals surface area contributed by atoms with Crippen LogP contribution in [0.2, 0.25) is 0 Å². The molecule has 126 valence electrons. The van der Waals surface area contributed by atoms with Crippen LogP contribution in [0.15, 0.2) is 24.3 Å². The van der Waals surface area contributed by atoms with Crippen molar-refractivity contribution < 1.29 is 19.4 Å². The van der Waals surface area contributed by atoms with Crippen LogP contribution in [-0.2, 0) is 15.0 Å². The van der Waals surface area contributed by atoms with Gasteiger partial charge in [-0.05, 0) is 35.3 Å². The van der Waals surface area contributed by atoms with Gasteiger partial charge in [0.25, 0.3) is 5.91 Å². The number of amides is 1. The monoisotopic (exact) mass is 337 g/mol. The first kappa shape index (κ1) is 17.7. The molecule has 0 radical (unpaired) electrons. The van der Waals surface area contributed by atoms with E-state index in [1.54, 1.807) is 0 Å². The number of aliphatic carboxylic acids is 1. The van der Waals surface area contributed by atoms with Crippen molar-refractivity contribution in [3.05, 3.63) is 29.8 Å². The summed E-state index contributed by atoms with van der Waals surface area (Å²) < 4.78 is 5.46. The molecule has 0 aromatic heterocycles. The molecule has 5 nitrogen and oxygen atoms in total. The van der Waals surface area contributed by atoms with Crippen LogP contribution in [0.25, 0.3) is 0 Å². The number of thioether (sulfide) groups is 1. The molecule has 1 saturated heterocycles. The Morgan fingerprint density at radius 1 is 1.30 bits per heavy atom. The Hall–Kier alpha value is -1.69. The Kier molecular flexibility index (Phi) is 5.24. The number of nitrogens with one attached hydrogen (secondary N) is 1. The number of hydrogen-bond acceptors (Lipinski definition) is 4. The first-order valence-electron chi connectivity index (χ1n) is 7.58. The van der Waals surface area contributed by atoms with Crippen LogP contribution < -0.4 is 10.1 Å². The highest BCUT2D eigenvalue weighted by molar-refractivity contribution is 7.99. The quantitative estimate of drug-likeness (QED) is 0.863. The molecule has 6 heteroatoms. The standard InChI is InChI=1S/C17H23NO4S/c1-16(2,3)12-4-6-13(7-5-12)22-10-14(19)18-17(15(20)21)8-9-23-11-17/h4-7H,8-11H2,1-3H3,(H,18,19)(H,20,21). The maximum atomic E-state index is 12.0. The lowest BCUT2D eigenvalue weighted by atomic mass is 9.87. The van der Waals surface area contributed by atoms with E-state index in [1.165, 1.54) is 17.3 Å². The molecule has 1 aliphatic rings. The van der Waals surface area contributed by atoms with Crippen molar-refractivity contribution in [1.29, 1.82) is 0 Å². The Labute approximate surface area is 140 Å². The van der Waals surface area contributed by atoms with Gasteiger partial charge in [-0.25, -0.2) is 4.79 Å². The van der Waals surface area contributed by atoms with Gasteiger partial charge in [0.1, 0.15) is 11.3 Å². The molecule has 0 saturated carbocycles. The first-order chi connectivity index (χ1) is 10.7. The van der Waals surface area contributed by atoms with E-state index in [4.69, 9.17) is 4.74 Å². The third kappa shape index (κ3) is 4.41. The summed E-state index contributed by atoms with van der Waals surface area (Å²) in [6.07, 6.45) is 0.443. The number of rotatable bonds is 5. The fourth-order valence-electron chi connectivity index (χ4n) is 2.39. The van der Waals surface area contributed by atoms with E-state index in [1.807, 2.05) is 24.3 Å². The van der Waals surface area contributed by atoms with Crippen molar-refractivity contribution in [3.63, 3.8) is 0 Å². The summed E-state index contributed by atoms with van der Waals surface area (Å²) in [6.45, 7) is 6.19. The van der Waals surface area contributed by atoms with E-state index in [2.05, 4.69) is 26.1 Å². The average molecular weight is 337 g/mol. The number of carbonyl (C=O) groups is 2. The van der Waals surface area contributed by atoms with Crippen molar-refractivity contribution in [2.45, 2.75) is 38.1 Å². The third-order valence-electron chi connectivity index (χ3n) is 3.90. The molecule has 23 heavy (non-hydrogen) atoms. The highest BCUT2D eigenvalue weighted by Crippen LogP contribution is 2.28. The van der Waals surface area contributed by atoms with E-state index < -0.39 is 17.4 Å². The summed E-state index contributed by atoms with van der Waals surface area (Å²) in [5.41, 5.74) is 0.0904. The van der Waals surface area contributed by atoms with E-state index in [0.29, 0.717) is 17.9 Å². The number of carboxylic acids is 1. The fraction of sp³-hybridized carbons (Fsp3) is 0.529. The number of carboxylic acid groups (broad SMARTS) is 1. The van der Waals surface area contributed by atoms with Crippen molar-refractivity contribution >= 4 is 23.6 Å². The largest absolute Gasteiger partial charge is 0.484 e. The molecular formula is C17H23NO4S. The second-order valence-electron chi connectivity index (χ2n) is 6.80. The zero-order chi connectivity index (χ0) is 17.1. The molecule has 2 N–H and O–H groups in total. The molecule has 1 aromatic carbocycles. The summed E-state index contributed by atoms with van der Waals surface area (Å²) >= 11 is 1.53. The Morgan fingerprint density at radius 3 is 2.43 bits per heavy atom. The summed E-state index contributed by atoms with van der Waals surface area (Å²) in [4.78, 5) is 23.4. The van der Waals surface area contributed by atoms with Crippen LogP contribution >= 0.6 is 11.8 Å². The summed E-state index contributed by atoms with van der Waals surface area (Å²) in [5.74, 6) is 0.342. The van der Waals surface area contributed by atoms with E-state index >= 15 is 0 Å². The maximum absolute atomic E-state index is 12.0. The molecule has 1 fully saturated rings. The van der Waals surface area contributed by atoms with Crippen LogP contribution in [0.5, 0.6) is 5.75 Å². The van der Waals surface area contributed by atoms with Gasteiger partial charge in [-0.1, -0.05) is 32.9 Å². The lowest BCUT2D eigenvalue weighted by Crippen LogP contribution is -2.55. The van der Waals surface area contributed by atoms with Crippen LogP contribution in [0.3, 0.4) is 0 Å². The van der Waals surface area contributed by atoms with Gasteiger partial charge in [0.05, 0.1) is 0 Å². The number of carbonyl (C=O) groups excluding carboxylic acids is 1. The van der Waals surface area contributed by atoms with Crippen LogP contribution in [-0.4, -0.2) is 40.6 Å². The van der Waals surface area contributed by atoms with Crippen molar-refractivity contribution in [3.8, 4) is 5.75 Å². The molecule has 1 amide bonds. The van der Waals surface area contributed by atoms with Gasteiger partial charge < -0.3 is 15.2 Å². The minimum atomic E-state index is -1.15. The molecule has 1 unspecified atom stereocenters. The average Bonchev–Trinajstić information content (AvgIpc) is 2.94. The molecule has 2 rings (SSSR count). The predicted molar refractivity (Wildman–Crippen MR) is 91.1 cm³/mol. The Morgan fingerprint density at radius 2 is 1.96 bits per heavy atom. The summed E-state index contributed by atoms with van der Waals surface area (Å²) in [5, 5.41) is 11.9. The minimum absolute atomic E-state index is 0.0594. The molecule has 1 aromatic rings.